The van der Waals surface area contributed by atoms with Gasteiger partial charge in [-0.25, -0.2) is 9.37 Å². The lowest BCUT2D eigenvalue weighted by molar-refractivity contribution is -0.112. The average molecular weight is 352 g/mol. The standard InChI is InChI=1S/C20H17FN2OS/c1-14(11-15-5-3-2-4-6-15)19(24)23-20-22-13-18(25-20)12-16-7-9-17(21)10-8-16/h2-11,13H,12H2,1H3,(H,22,23,24)/b14-11-. The lowest BCUT2D eigenvalue weighted by Crippen LogP contribution is -2.12. The third kappa shape index (κ3) is 4.84. The maximum atomic E-state index is 12.9. The molecule has 1 N–H and O–H groups in total. The number of benzene rings is 2. The van der Waals surface area contributed by atoms with Crippen LogP contribution in [0.5, 0.6) is 0 Å². The van der Waals surface area contributed by atoms with E-state index >= 15 is 0 Å². The number of anilines is 1. The Bertz CT molecular complexity index is 886. The number of nitrogens with zero attached hydrogens (tertiary/aromatic N) is 1. The molecular formula is C20H17FN2OS. The van der Waals surface area contributed by atoms with Crippen molar-refractivity contribution in [1.29, 1.82) is 0 Å². The Hall–Kier alpha value is -2.79. The zero-order chi connectivity index (χ0) is 17.6. The highest BCUT2D eigenvalue weighted by molar-refractivity contribution is 7.15. The molecule has 126 valence electrons. The van der Waals surface area contributed by atoms with Gasteiger partial charge in [-0.15, -0.1) is 11.3 Å². The van der Waals surface area contributed by atoms with E-state index in [1.807, 2.05) is 36.4 Å². The van der Waals surface area contributed by atoms with Gasteiger partial charge in [-0.1, -0.05) is 42.5 Å². The number of aromatic nitrogens is 1. The Labute approximate surface area is 149 Å². The van der Waals surface area contributed by atoms with Gasteiger partial charge in [0.25, 0.3) is 5.91 Å². The molecule has 2 aromatic carbocycles. The molecule has 0 aliphatic heterocycles. The van der Waals surface area contributed by atoms with Crippen molar-refractivity contribution in [2.24, 2.45) is 0 Å². The minimum Gasteiger partial charge on any atom is -0.298 e. The van der Waals surface area contributed by atoms with E-state index in [9.17, 15) is 9.18 Å². The smallest absolute Gasteiger partial charge is 0.253 e. The number of halogens is 1. The van der Waals surface area contributed by atoms with Gasteiger partial charge in [-0.3, -0.25) is 10.1 Å². The molecule has 0 aliphatic carbocycles. The molecule has 3 aromatic rings. The van der Waals surface area contributed by atoms with Crippen molar-refractivity contribution < 1.29 is 9.18 Å². The second-order valence-electron chi connectivity index (χ2n) is 5.63. The van der Waals surface area contributed by atoms with Gasteiger partial charge in [-0.2, -0.15) is 0 Å². The number of hydrogen-bond acceptors (Lipinski definition) is 3. The third-order valence-corrected chi connectivity index (χ3v) is 4.52. The van der Waals surface area contributed by atoms with Crippen molar-refractivity contribution in [1.82, 2.24) is 4.98 Å². The van der Waals surface area contributed by atoms with E-state index in [4.69, 9.17) is 0 Å². The lowest BCUT2D eigenvalue weighted by Gasteiger charge is -2.02. The number of carbonyl (C=O) groups excluding carboxylic acids is 1. The molecular weight excluding hydrogens is 335 g/mol. The molecule has 0 radical (unpaired) electrons. The minimum atomic E-state index is -0.248. The van der Waals surface area contributed by atoms with E-state index in [0.717, 1.165) is 16.0 Å². The molecule has 1 heterocycles. The average Bonchev–Trinajstić information content (AvgIpc) is 3.04. The molecule has 0 atom stereocenters. The topological polar surface area (TPSA) is 42.0 Å². The fraction of sp³-hybridized carbons (Fsp3) is 0.100. The molecule has 25 heavy (non-hydrogen) atoms. The van der Waals surface area contributed by atoms with Gasteiger partial charge in [0.05, 0.1) is 0 Å². The molecule has 5 heteroatoms. The number of thiazole rings is 1. The summed E-state index contributed by atoms with van der Waals surface area (Å²) < 4.78 is 12.9. The summed E-state index contributed by atoms with van der Waals surface area (Å²) in [5.41, 5.74) is 2.59. The van der Waals surface area contributed by atoms with Crippen molar-refractivity contribution in [3.63, 3.8) is 0 Å². The Morgan fingerprint density at radius 1 is 1.16 bits per heavy atom. The quantitative estimate of drug-likeness (QED) is 0.663. The lowest BCUT2D eigenvalue weighted by atomic mass is 10.1. The van der Waals surface area contributed by atoms with Crippen molar-refractivity contribution in [2.75, 3.05) is 5.32 Å². The van der Waals surface area contributed by atoms with Crippen LogP contribution in [0.1, 0.15) is 22.9 Å². The summed E-state index contributed by atoms with van der Waals surface area (Å²) in [4.78, 5) is 17.5. The molecule has 0 bridgehead atoms. The highest BCUT2D eigenvalue weighted by Gasteiger charge is 2.09. The van der Waals surface area contributed by atoms with Crippen LogP contribution in [0.2, 0.25) is 0 Å². The highest BCUT2D eigenvalue weighted by Crippen LogP contribution is 2.22. The maximum Gasteiger partial charge on any atom is 0.253 e. The second-order valence-corrected chi connectivity index (χ2v) is 6.74. The van der Waals surface area contributed by atoms with Gasteiger partial charge in [0.1, 0.15) is 5.82 Å². The fourth-order valence-electron chi connectivity index (χ4n) is 2.31. The van der Waals surface area contributed by atoms with E-state index in [0.29, 0.717) is 17.1 Å². The minimum absolute atomic E-state index is 0.175. The summed E-state index contributed by atoms with van der Waals surface area (Å²) in [6.45, 7) is 1.77. The van der Waals surface area contributed by atoms with Gasteiger partial charge in [-0.05, 0) is 36.3 Å². The first-order valence-corrected chi connectivity index (χ1v) is 8.65. The van der Waals surface area contributed by atoms with Crippen LogP contribution in [0.25, 0.3) is 6.08 Å². The molecule has 0 spiro atoms. The van der Waals surface area contributed by atoms with Crippen LogP contribution < -0.4 is 5.32 Å². The molecule has 3 nitrogen and oxygen atoms in total. The fourth-order valence-corrected chi connectivity index (χ4v) is 3.15. The Morgan fingerprint density at radius 2 is 1.88 bits per heavy atom. The third-order valence-electron chi connectivity index (χ3n) is 3.61. The van der Waals surface area contributed by atoms with Crippen LogP contribution in [-0.4, -0.2) is 10.9 Å². The predicted octanol–water partition coefficient (Wildman–Crippen LogP) is 4.92. The van der Waals surface area contributed by atoms with Gasteiger partial charge in [0.15, 0.2) is 5.13 Å². The zero-order valence-corrected chi connectivity index (χ0v) is 14.5. The summed E-state index contributed by atoms with van der Waals surface area (Å²) in [5.74, 6) is -0.423. The van der Waals surface area contributed by atoms with E-state index in [-0.39, 0.29) is 11.7 Å². The molecule has 1 aromatic heterocycles. The van der Waals surface area contributed by atoms with Crippen LogP contribution in [0.15, 0.2) is 66.4 Å². The van der Waals surface area contributed by atoms with E-state index in [1.165, 1.54) is 23.5 Å². The Kier molecular flexibility index (Phi) is 5.36. The van der Waals surface area contributed by atoms with Crippen molar-refractivity contribution in [3.8, 4) is 0 Å². The molecule has 0 unspecified atom stereocenters. The van der Waals surface area contributed by atoms with Crippen LogP contribution >= 0.6 is 11.3 Å². The predicted molar refractivity (Wildman–Crippen MR) is 100 cm³/mol. The van der Waals surface area contributed by atoms with Crippen molar-refractivity contribution in [3.05, 3.63) is 88.2 Å². The number of nitrogens with one attached hydrogen (secondary N) is 1. The molecule has 0 saturated carbocycles. The van der Waals surface area contributed by atoms with E-state index in [1.54, 1.807) is 25.3 Å². The van der Waals surface area contributed by atoms with Crippen molar-refractivity contribution >= 4 is 28.5 Å². The van der Waals surface area contributed by atoms with Crippen LogP contribution in [0, 0.1) is 5.82 Å². The van der Waals surface area contributed by atoms with Gasteiger partial charge in [0.2, 0.25) is 0 Å². The first kappa shape index (κ1) is 17.0. The Balaban J connectivity index is 1.63. The van der Waals surface area contributed by atoms with Crippen molar-refractivity contribution in [2.45, 2.75) is 13.3 Å². The SMILES string of the molecule is C/C(=C/c1ccccc1)C(=O)Nc1ncc(Cc2ccc(F)cc2)s1. The van der Waals surface area contributed by atoms with Gasteiger partial charge < -0.3 is 0 Å². The molecule has 0 aliphatic rings. The normalized spacial score (nSPS) is 11.4. The summed E-state index contributed by atoms with van der Waals surface area (Å²) >= 11 is 1.42. The van der Waals surface area contributed by atoms with Crippen LogP contribution in [0.4, 0.5) is 9.52 Å². The molecule has 0 saturated heterocycles. The van der Waals surface area contributed by atoms with Crippen LogP contribution in [-0.2, 0) is 11.2 Å². The van der Waals surface area contributed by atoms with E-state index < -0.39 is 0 Å². The van der Waals surface area contributed by atoms with Gasteiger partial charge >= 0.3 is 0 Å². The summed E-state index contributed by atoms with van der Waals surface area (Å²) in [6.07, 6.45) is 4.23. The van der Waals surface area contributed by atoms with E-state index in [2.05, 4.69) is 10.3 Å². The molecule has 1 amide bonds. The van der Waals surface area contributed by atoms with Gasteiger partial charge in [0, 0.05) is 23.1 Å². The number of hydrogen-bond donors (Lipinski definition) is 1. The Morgan fingerprint density at radius 3 is 2.60 bits per heavy atom. The molecule has 3 rings (SSSR count). The second kappa shape index (κ2) is 7.85. The first-order chi connectivity index (χ1) is 12.1. The van der Waals surface area contributed by atoms with Crippen LogP contribution in [0.3, 0.4) is 0 Å². The maximum absolute atomic E-state index is 12.9. The number of carbonyl (C=O) groups is 1. The summed E-state index contributed by atoms with van der Waals surface area (Å²) in [5, 5.41) is 3.38. The monoisotopic (exact) mass is 352 g/mol. The summed E-state index contributed by atoms with van der Waals surface area (Å²) in [7, 11) is 0. The number of rotatable bonds is 5. The first-order valence-electron chi connectivity index (χ1n) is 7.84. The highest BCUT2D eigenvalue weighted by atomic mass is 32.1. The largest absolute Gasteiger partial charge is 0.298 e. The zero-order valence-electron chi connectivity index (χ0n) is 13.7. The number of amides is 1. The summed E-state index contributed by atoms with van der Waals surface area (Å²) in [6, 6.07) is 16.1. The molecule has 0 fully saturated rings.